The van der Waals surface area contributed by atoms with Crippen LogP contribution >= 0.6 is 0 Å². The molecule has 9 heteroatoms. The Morgan fingerprint density at radius 2 is 2.00 bits per heavy atom. The predicted octanol–water partition coefficient (Wildman–Crippen LogP) is 0.727. The summed E-state index contributed by atoms with van der Waals surface area (Å²) in [4.78, 5) is 44.6. The highest BCUT2D eigenvalue weighted by molar-refractivity contribution is 6.54. The Bertz CT molecular complexity index is 982. The molecule has 9 nitrogen and oxygen atoms in total. The zero-order valence-electron chi connectivity index (χ0n) is 15.5. The number of rotatable bonds is 5. The molecular weight excluding hydrogens is 362 g/mol. The molecule has 4 rings (SSSR count). The molecule has 2 aliphatic heterocycles. The first-order valence-corrected chi connectivity index (χ1v) is 9.15. The minimum absolute atomic E-state index is 0.0963. The fourth-order valence-electron chi connectivity index (χ4n) is 3.56. The van der Waals surface area contributed by atoms with Gasteiger partial charge in [0.2, 0.25) is 0 Å². The Hall–Kier alpha value is -3.04. The number of hydrogen-bond acceptors (Lipinski definition) is 7. The topological polar surface area (TPSA) is 115 Å². The summed E-state index contributed by atoms with van der Waals surface area (Å²) in [6, 6.07) is 4.44. The number of hydrogen-bond donors (Lipinski definition) is 3. The van der Waals surface area contributed by atoms with Gasteiger partial charge in [-0.25, -0.2) is 9.78 Å². The molecule has 3 heterocycles. The monoisotopic (exact) mass is 383 g/mol. The number of carboxylic acid groups (broad SMARTS) is 1. The second-order valence-electron chi connectivity index (χ2n) is 7.10. The summed E-state index contributed by atoms with van der Waals surface area (Å²) in [5.41, 5.74) is 1.12. The Morgan fingerprint density at radius 1 is 1.25 bits per heavy atom. The zero-order valence-corrected chi connectivity index (χ0v) is 15.5. The van der Waals surface area contributed by atoms with Crippen molar-refractivity contribution in [1.29, 1.82) is 0 Å². The summed E-state index contributed by atoms with van der Waals surface area (Å²) in [7, 11) is 2.10. The number of carboxylic acids is 1. The maximum atomic E-state index is 12.3. The van der Waals surface area contributed by atoms with Crippen LogP contribution in [0, 0.1) is 0 Å². The SMILES string of the molecule is CN1CCN(CCNc2nc3cc(C(=O)O)ccc3c3c2C(=O)C(=O)N3)CC1. The smallest absolute Gasteiger partial charge is 0.335 e. The van der Waals surface area contributed by atoms with Crippen LogP contribution in [0.15, 0.2) is 18.2 Å². The van der Waals surface area contributed by atoms with E-state index in [9.17, 15) is 19.5 Å². The van der Waals surface area contributed by atoms with Gasteiger partial charge in [-0.2, -0.15) is 0 Å². The molecule has 2 aromatic rings. The van der Waals surface area contributed by atoms with Gasteiger partial charge in [-0.15, -0.1) is 0 Å². The highest BCUT2D eigenvalue weighted by atomic mass is 16.4. The molecule has 1 aromatic carbocycles. The molecule has 0 atom stereocenters. The highest BCUT2D eigenvalue weighted by Crippen LogP contribution is 2.36. The number of aromatic carboxylic acids is 1. The Balaban J connectivity index is 1.62. The third-order valence-corrected chi connectivity index (χ3v) is 5.22. The summed E-state index contributed by atoms with van der Waals surface area (Å²) >= 11 is 0. The average Bonchev–Trinajstić information content (AvgIpc) is 2.98. The number of pyridine rings is 1. The van der Waals surface area contributed by atoms with Crippen molar-refractivity contribution in [3.05, 3.63) is 29.3 Å². The van der Waals surface area contributed by atoms with Gasteiger partial charge in [0.15, 0.2) is 0 Å². The van der Waals surface area contributed by atoms with E-state index in [2.05, 4.69) is 32.5 Å². The number of amides is 1. The molecule has 2 aliphatic rings. The number of carbonyl (C=O) groups is 3. The van der Waals surface area contributed by atoms with Crippen molar-refractivity contribution in [2.24, 2.45) is 0 Å². The standard InChI is InChI=1S/C19H21N5O4/c1-23-6-8-24(9-7-23)5-4-20-17-14-15(22-18(26)16(14)25)12-3-2-11(19(27)28)10-13(12)21-17/h2-3,10H,4-9H2,1H3,(H,20,21)(H,27,28)(H,22,25,26). The van der Waals surface area contributed by atoms with Crippen molar-refractivity contribution in [3.63, 3.8) is 0 Å². The molecule has 1 saturated heterocycles. The van der Waals surface area contributed by atoms with Gasteiger partial charge in [-0.3, -0.25) is 14.5 Å². The molecule has 0 radical (unpaired) electrons. The number of benzene rings is 1. The quantitative estimate of drug-likeness (QED) is 0.648. The van der Waals surface area contributed by atoms with Gasteiger partial charge in [-0.1, -0.05) is 0 Å². The zero-order chi connectivity index (χ0) is 19.8. The molecule has 146 valence electrons. The van der Waals surface area contributed by atoms with Crippen molar-refractivity contribution in [3.8, 4) is 0 Å². The summed E-state index contributed by atoms with van der Waals surface area (Å²) in [5.74, 6) is -2.08. The van der Waals surface area contributed by atoms with Crippen LogP contribution in [0.25, 0.3) is 10.9 Å². The molecule has 1 amide bonds. The molecule has 0 unspecified atom stereocenters. The van der Waals surface area contributed by atoms with E-state index in [-0.39, 0.29) is 11.1 Å². The number of Topliss-reactive ketones (excluding diaryl/α,β-unsaturated/α-hetero) is 1. The number of ketones is 1. The van der Waals surface area contributed by atoms with Gasteiger partial charge < -0.3 is 20.6 Å². The first-order valence-electron chi connectivity index (χ1n) is 9.15. The van der Waals surface area contributed by atoms with E-state index in [0.29, 0.717) is 29.0 Å². The normalized spacial score (nSPS) is 17.6. The van der Waals surface area contributed by atoms with Gasteiger partial charge in [0.25, 0.3) is 11.7 Å². The lowest BCUT2D eigenvalue weighted by Crippen LogP contribution is -2.45. The van der Waals surface area contributed by atoms with E-state index in [0.717, 1.165) is 32.7 Å². The highest BCUT2D eigenvalue weighted by Gasteiger charge is 2.33. The van der Waals surface area contributed by atoms with E-state index in [1.165, 1.54) is 12.1 Å². The molecule has 0 saturated carbocycles. The number of anilines is 2. The molecule has 3 N–H and O–H groups in total. The maximum absolute atomic E-state index is 12.3. The molecule has 0 aliphatic carbocycles. The van der Waals surface area contributed by atoms with Crippen LogP contribution in [0.3, 0.4) is 0 Å². The fraction of sp³-hybridized carbons (Fsp3) is 0.368. The van der Waals surface area contributed by atoms with Crippen LogP contribution in [0.5, 0.6) is 0 Å². The Kier molecular flexibility index (Phi) is 4.70. The van der Waals surface area contributed by atoms with Crippen LogP contribution in [0.1, 0.15) is 20.7 Å². The van der Waals surface area contributed by atoms with Crippen LogP contribution in [-0.4, -0.2) is 83.9 Å². The number of fused-ring (bicyclic) bond motifs is 3. The average molecular weight is 383 g/mol. The lowest BCUT2D eigenvalue weighted by atomic mass is 10.1. The van der Waals surface area contributed by atoms with Crippen molar-refractivity contribution in [2.45, 2.75) is 0 Å². The second-order valence-corrected chi connectivity index (χ2v) is 7.10. The number of likely N-dealkylation sites (N-methyl/N-ethyl adjacent to an activating group) is 1. The van der Waals surface area contributed by atoms with E-state index < -0.39 is 17.7 Å². The van der Waals surface area contributed by atoms with Crippen molar-refractivity contribution in [2.75, 3.05) is 56.9 Å². The summed E-state index contributed by atoms with van der Waals surface area (Å²) in [5, 5.41) is 15.5. The lowest BCUT2D eigenvalue weighted by molar-refractivity contribution is -0.112. The fourth-order valence-corrected chi connectivity index (χ4v) is 3.56. The van der Waals surface area contributed by atoms with Crippen LogP contribution < -0.4 is 10.6 Å². The van der Waals surface area contributed by atoms with Crippen LogP contribution in [-0.2, 0) is 4.79 Å². The largest absolute Gasteiger partial charge is 0.478 e. The van der Waals surface area contributed by atoms with Crippen molar-refractivity contribution < 1.29 is 19.5 Å². The first kappa shape index (κ1) is 18.3. The van der Waals surface area contributed by atoms with Gasteiger partial charge >= 0.3 is 5.97 Å². The third-order valence-electron chi connectivity index (χ3n) is 5.22. The summed E-state index contributed by atoms with van der Waals surface area (Å²) in [6.07, 6.45) is 0. The van der Waals surface area contributed by atoms with E-state index in [1.807, 2.05) is 0 Å². The number of aromatic nitrogens is 1. The number of nitrogens with zero attached hydrogens (tertiary/aromatic N) is 3. The van der Waals surface area contributed by atoms with Gasteiger partial charge in [-0.05, 0) is 25.2 Å². The minimum atomic E-state index is -1.06. The number of nitrogens with one attached hydrogen (secondary N) is 2. The minimum Gasteiger partial charge on any atom is -0.478 e. The van der Waals surface area contributed by atoms with Crippen molar-refractivity contribution in [1.82, 2.24) is 14.8 Å². The lowest BCUT2D eigenvalue weighted by Gasteiger charge is -2.32. The molecule has 0 bridgehead atoms. The number of piperazine rings is 1. The van der Waals surface area contributed by atoms with Gasteiger partial charge in [0, 0.05) is 44.7 Å². The van der Waals surface area contributed by atoms with Crippen LogP contribution in [0.2, 0.25) is 0 Å². The summed E-state index contributed by atoms with van der Waals surface area (Å²) < 4.78 is 0. The molecular formula is C19H21N5O4. The summed E-state index contributed by atoms with van der Waals surface area (Å²) in [6.45, 7) is 5.32. The van der Waals surface area contributed by atoms with Crippen molar-refractivity contribution >= 4 is 40.1 Å². The Morgan fingerprint density at radius 3 is 2.71 bits per heavy atom. The van der Waals surface area contributed by atoms with Gasteiger partial charge in [0.1, 0.15) is 5.82 Å². The van der Waals surface area contributed by atoms with Gasteiger partial charge in [0.05, 0.1) is 22.3 Å². The van der Waals surface area contributed by atoms with Crippen LogP contribution in [0.4, 0.5) is 11.5 Å². The van der Waals surface area contributed by atoms with E-state index >= 15 is 0 Å². The molecule has 0 spiro atoms. The predicted molar refractivity (Wildman–Crippen MR) is 104 cm³/mol. The van der Waals surface area contributed by atoms with E-state index in [4.69, 9.17) is 0 Å². The molecule has 1 fully saturated rings. The Labute approximate surface area is 161 Å². The number of carbonyl (C=O) groups excluding carboxylic acids is 2. The third kappa shape index (κ3) is 3.30. The molecule has 28 heavy (non-hydrogen) atoms. The van der Waals surface area contributed by atoms with E-state index in [1.54, 1.807) is 6.07 Å². The second kappa shape index (κ2) is 7.17. The molecule has 1 aromatic heterocycles. The maximum Gasteiger partial charge on any atom is 0.335 e. The first-order chi connectivity index (χ1) is 13.4.